The lowest BCUT2D eigenvalue weighted by atomic mass is 10.2. The molecule has 1 aliphatic heterocycles. The molecule has 1 aliphatic rings. The molecule has 0 radical (unpaired) electrons. The third-order valence-electron chi connectivity index (χ3n) is 4.65. The first-order valence-electron chi connectivity index (χ1n) is 9.88. The number of nitrogens with zero attached hydrogens (tertiary/aromatic N) is 4. The van der Waals surface area contributed by atoms with Crippen LogP contribution in [0.25, 0.3) is 5.76 Å². The lowest BCUT2D eigenvalue weighted by Gasteiger charge is -2.20. The van der Waals surface area contributed by atoms with Crippen LogP contribution >= 0.6 is 0 Å². The van der Waals surface area contributed by atoms with E-state index in [1.807, 2.05) is 38.1 Å². The van der Waals surface area contributed by atoms with Crippen molar-refractivity contribution in [1.82, 2.24) is 9.78 Å². The summed E-state index contributed by atoms with van der Waals surface area (Å²) >= 11 is 0. The molecule has 1 aromatic heterocycles. The summed E-state index contributed by atoms with van der Waals surface area (Å²) in [7, 11) is 0. The Labute approximate surface area is 170 Å². The Bertz CT molecular complexity index is 940. The zero-order valence-corrected chi connectivity index (χ0v) is 17.3. The highest BCUT2D eigenvalue weighted by Gasteiger charge is 2.36. The van der Waals surface area contributed by atoms with Crippen molar-refractivity contribution in [1.29, 1.82) is 0 Å². The minimum absolute atomic E-state index is 0.271. The van der Waals surface area contributed by atoms with Gasteiger partial charge in [-0.15, -0.1) is 0 Å². The second kappa shape index (κ2) is 8.81. The second-order valence-electron chi connectivity index (χ2n) is 6.33. The first-order valence-corrected chi connectivity index (χ1v) is 9.88. The van der Waals surface area contributed by atoms with Crippen LogP contribution in [-0.4, -0.2) is 47.8 Å². The molecule has 0 saturated carbocycles. The molecule has 0 spiro atoms. The summed E-state index contributed by atoms with van der Waals surface area (Å²) < 4.78 is 13.2. The first kappa shape index (κ1) is 20.4. The highest BCUT2D eigenvalue weighted by atomic mass is 16.5. The molecule has 0 unspecified atom stereocenters. The molecule has 1 amide bonds. The average molecular weight is 397 g/mol. The van der Waals surface area contributed by atoms with Crippen LogP contribution in [0.5, 0.6) is 0 Å². The summed E-state index contributed by atoms with van der Waals surface area (Å²) in [6.45, 7) is 10.7. The number of carbonyl (C=O) groups excluding carboxylic acids is 1. The Kier molecular flexibility index (Phi) is 6.21. The molecule has 2 heterocycles. The van der Waals surface area contributed by atoms with Crippen molar-refractivity contribution >= 4 is 28.9 Å². The van der Waals surface area contributed by atoms with Gasteiger partial charge in [-0.05, 0) is 52.0 Å². The van der Waals surface area contributed by atoms with Gasteiger partial charge < -0.3 is 20.1 Å². The summed E-state index contributed by atoms with van der Waals surface area (Å²) in [5.74, 6) is 0.768. The number of rotatable bonds is 9. The van der Waals surface area contributed by atoms with Gasteiger partial charge in [0.2, 0.25) is 11.6 Å². The van der Waals surface area contributed by atoms with Crippen LogP contribution in [0.15, 0.2) is 41.2 Å². The van der Waals surface area contributed by atoms with Crippen LogP contribution in [0.2, 0.25) is 0 Å². The van der Waals surface area contributed by atoms with Gasteiger partial charge in [0, 0.05) is 18.8 Å². The smallest absolute Gasteiger partial charge is 0.252 e. The summed E-state index contributed by atoms with van der Waals surface area (Å²) in [5.41, 5.74) is 8.15. The van der Waals surface area contributed by atoms with Crippen LogP contribution in [0, 0.1) is 0 Å². The van der Waals surface area contributed by atoms with Gasteiger partial charge in [-0.1, -0.05) is 0 Å². The van der Waals surface area contributed by atoms with Crippen molar-refractivity contribution in [3.05, 3.63) is 47.5 Å². The number of carbonyl (C=O) groups is 1. The highest BCUT2D eigenvalue weighted by molar-refractivity contribution is 6.12. The number of anilines is 1. The van der Waals surface area contributed by atoms with E-state index in [2.05, 4.69) is 23.8 Å². The predicted octanol–water partition coefficient (Wildman–Crippen LogP) is 3.16. The number of aromatic nitrogens is 2. The fourth-order valence-electron chi connectivity index (χ4n) is 3.31. The first-order chi connectivity index (χ1) is 14.0. The maximum absolute atomic E-state index is 11.9. The van der Waals surface area contributed by atoms with E-state index in [-0.39, 0.29) is 5.56 Å². The zero-order chi connectivity index (χ0) is 21.0. The third kappa shape index (κ3) is 3.83. The third-order valence-corrected chi connectivity index (χ3v) is 4.65. The normalized spacial score (nSPS) is 14.3. The van der Waals surface area contributed by atoms with Gasteiger partial charge in [0.15, 0.2) is 5.76 Å². The maximum Gasteiger partial charge on any atom is 0.252 e. The van der Waals surface area contributed by atoms with Gasteiger partial charge in [0.25, 0.3) is 5.91 Å². The molecule has 0 bridgehead atoms. The van der Waals surface area contributed by atoms with Gasteiger partial charge in [-0.25, -0.2) is 9.67 Å². The molecular formula is C21H27N5O3. The Morgan fingerprint density at radius 2 is 1.69 bits per heavy atom. The number of ether oxygens (including phenoxy) is 2. The lowest BCUT2D eigenvalue weighted by Crippen LogP contribution is -2.21. The van der Waals surface area contributed by atoms with E-state index in [9.17, 15) is 4.79 Å². The van der Waals surface area contributed by atoms with Crippen molar-refractivity contribution in [3.8, 4) is 0 Å². The Morgan fingerprint density at radius 3 is 2.24 bits per heavy atom. The van der Waals surface area contributed by atoms with E-state index in [1.54, 1.807) is 4.68 Å². The number of primary amides is 1. The SMILES string of the molecule is CCOC1=C(OCC)c2c(C(N)=O)cnn2C1=Nc1ccc(N(CC)CC)cc1. The molecule has 8 nitrogen and oxygen atoms in total. The molecule has 1 aromatic carbocycles. The quantitative estimate of drug-likeness (QED) is 0.701. The summed E-state index contributed by atoms with van der Waals surface area (Å²) in [4.78, 5) is 18.9. The van der Waals surface area contributed by atoms with Crippen molar-refractivity contribution in [2.45, 2.75) is 27.7 Å². The van der Waals surface area contributed by atoms with Gasteiger partial charge in [-0.3, -0.25) is 4.79 Å². The molecule has 2 aromatic rings. The summed E-state index contributed by atoms with van der Waals surface area (Å²) in [6, 6.07) is 7.96. The van der Waals surface area contributed by atoms with Gasteiger partial charge in [0.05, 0.1) is 30.7 Å². The Balaban J connectivity index is 2.09. The van der Waals surface area contributed by atoms with Crippen LogP contribution < -0.4 is 10.6 Å². The second-order valence-corrected chi connectivity index (χ2v) is 6.33. The molecule has 0 fully saturated rings. The highest BCUT2D eigenvalue weighted by Crippen LogP contribution is 2.33. The molecule has 29 heavy (non-hydrogen) atoms. The van der Waals surface area contributed by atoms with Gasteiger partial charge in [0.1, 0.15) is 5.69 Å². The molecule has 8 heteroatoms. The van der Waals surface area contributed by atoms with Crippen LogP contribution in [-0.2, 0) is 9.47 Å². The maximum atomic E-state index is 11.9. The zero-order valence-electron chi connectivity index (χ0n) is 17.3. The lowest BCUT2D eigenvalue weighted by molar-refractivity contribution is 0.0999. The van der Waals surface area contributed by atoms with E-state index >= 15 is 0 Å². The van der Waals surface area contributed by atoms with Crippen molar-refractivity contribution in [2.24, 2.45) is 10.7 Å². The Hall–Kier alpha value is -3.29. The topological polar surface area (TPSA) is 95.0 Å². The van der Waals surface area contributed by atoms with Gasteiger partial charge >= 0.3 is 0 Å². The minimum Gasteiger partial charge on any atom is -0.488 e. The summed E-state index contributed by atoms with van der Waals surface area (Å²) in [6.07, 6.45) is 1.43. The number of amides is 1. The number of benzene rings is 1. The number of fused-ring (bicyclic) bond motifs is 1. The standard InChI is InChI=1S/C21H27N5O3/c1-5-25(6-2)15-11-9-14(10-12-15)24-21-19(29-8-4)18(28-7-3)17-16(20(22)27)13-23-26(17)21/h9-13H,5-8H2,1-4H3,(H2,22,27). The van der Waals surface area contributed by atoms with E-state index < -0.39 is 5.91 Å². The number of hydrogen-bond acceptors (Lipinski definition) is 6. The van der Waals surface area contributed by atoms with Crippen molar-refractivity contribution in [3.63, 3.8) is 0 Å². The average Bonchev–Trinajstić information content (AvgIpc) is 3.26. The fourth-order valence-corrected chi connectivity index (χ4v) is 3.31. The molecule has 154 valence electrons. The van der Waals surface area contributed by atoms with E-state index in [0.717, 1.165) is 24.5 Å². The number of aliphatic imine (C=N–C) groups is 1. The van der Waals surface area contributed by atoms with E-state index in [0.29, 0.717) is 36.3 Å². The number of hydrogen-bond donors (Lipinski definition) is 1. The van der Waals surface area contributed by atoms with Gasteiger partial charge in [-0.2, -0.15) is 5.10 Å². The molecule has 0 aliphatic carbocycles. The minimum atomic E-state index is -0.580. The number of allylic oxidation sites excluding steroid dienone is 1. The van der Waals surface area contributed by atoms with Crippen molar-refractivity contribution in [2.75, 3.05) is 31.2 Å². The molecule has 2 N–H and O–H groups in total. The van der Waals surface area contributed by atoms with Crippen LogP contribution in [0.3, 0.4) is 0 Å². The van der Waals surface area contributed by atoms with Crippen LogP contribution in [0.1, 0.15) is 43.7 Å². The molecule has 0 saturated heterocycles. The monoisotopic (exact) mass is 397 g/mol. The molecular weight excluding hydrogens is 370 g/mol. The van der Waals surface area contributed by atoms with E-state index in [4.69, 9.17) is 20.2 Å². The largest absolute Gasteiger partial charge is 0.488 e. The van der Waals surface area contributed by atoms with E-state index in [1.165, 1.54) is 6.20 Å². The molecule has 3 rings (SSSR count). The Morgan fingerprint density at radius 1 is 1.07 bits per heavy atom. The number of nitrogens with two attached hydrogens (primary N) is 1. The molecule has 0 atom stereocenters. The predicted molar refractivity (Wildman–Crippen MR) is 113 cm³/mol. The summed E-state index contributed by atoms with van der Waals surface area (Å²) in [5, 5.41) is 4.31. The van der Waals surface area contributed by atoms with Crippen molar-refractivity contribution < 1.29 is 14.3 Å². The van der Waals surface area contributed by atoms with Crippen LogP contribution in [0.4, 0.5) is 11.4 Å². The fraction of sp³-hybridized carbons (Fsp3) is 0.381.